The molecule has 0 aliphatic rings. The molecule has 28 heavy (non-hydrogen) atoms. The van der Waals surface area contributed by atoms with Crippen molar-refractivity contribution in [2.24, 2.45) is 0 Å². The highest BCUT2D eigenvalue weighted by molar-refractivity contribution is 7.18. The first-order valence-electron chi connectivity index (χ1n) is 9.08. The van der Waals surface area contributed by atoms with Gasteiger partial charge in [-0.05, 0) is 50.2 Å². The van der Waals surface area contributed by atoms with Crippen molar-refractivity contribution in [2.75, 3.05) is 25.5 Å². The Morgan fingerprint density at radius 1 is 1.07 bits per heavy atom. The molecule has 6 nitrogen and oxygen atoms in total. The average Bonchev–Trinajstić information content (AvgIpc) is 3.05. The maximum Gasteiger partial charge on any atom is 0.243 e. The summed E-state index contributed by atoms with van der Waals surface area (Å²) in [6, 6.07) is 13.7. The number of para-hydroxylation sites is 1. The summed E-state index contributed by atoms with van der Waals surface area (Å²) >= 11 is 1.63. The van der Waals surface area contributed by atoms with Gasteiger partial charge >= 0.3 is 0 Å². The van der Waals surface area contributed by atoms with E-state index in [-0.39, 0.29) is 24.9 Å². The number of amides is 2. The first-order chi connectivity index (χ1) is 13.4. The molecule has 0 aliphatic carbocycles. The van der Waals surface area contributed by atoms with Crippen molar-refractivity contribution < 1.29 is 9.59 Å². The average molecular weight is 397 g/mol. The van der Waals surface area contributed by atoms with Crippen molar-refractivity contribution >= 4 is 39.1 Å². The Hall–Kier alpha value is -2.77. The number of nitrogens with one attached hydrogen (secondary N) is 2. The number of aryl methyl sites for hydroxylation is 1. The third-order valence-corrected chi connectivity index (χ3v) is 5.50. The van der Waals surface area contributed by atoms with E-state index in [0.717, 1.165) is 32.0 Å². The lowest BCUT2D eigenvalue weighted by atomic mass is 10.1. The van der Waals surface area contributed by atoms with E-state index >= 15 is 0 Å². The molecule has 0 radical (unpaired) electrons. The zero-order valence-corrected chi connectivity index (χ0v) is 17.1. The van der Waals surface area contributed by atoms with Gasteiger partial charge in [0, 0.05) is 5.69 Å². The number of rotatable bonds is 7. The van der Waals surface area contributed by atoms with E-state index in [9.17, 15) is 9.59 Å². The predicted molar refractivity (Wildman–Crippen MR) is 114 cm³/mol. The van der Waals surface area contributed by atoms with Crippen molar-refractivity contribution in [1.29, 1.82) is 0 Å². The third kappa shape index (κ3) is 5.15. The van der Waals surface area contributed by atoms with E-state index < -0.39 is 0 Å². The minimum atomic E-state index is -0.240. The molecule has 1 aromatic heterocycles. The summed E-state index contributed by atoms with van der Waals surface area (Å²) in [7, 11) is 1.86. The summed E-state index contributed by atoms with van der Waals surface area (Å²) in [5, 5.41) is 6.47. The number of carbonyl (C=O) groups is 2. The van der Waals surface area contributed by atoms with Crippen molar-refractivity contribution in [3.05, 3.63) is 58.6 Å². The van der Waals surface area contributed by atoms with E-state index in [2.05, 4.69) is 15.6 Å². The second-order valence-corrected chi connectivity index (χ2v) is 7.94. The number of anilines is 1. The monoisotopic (exact) mass is 396 g/mol. The number of benzene rings is 2. The summed E-state index contributed by atoms with van der Waals surface area (Å²) in [6.45, 7) is 4.68. The molecule has 2 aromatic carbocycles. The maximum absolute atomic E-state index is 12.1. The quantitative estimate of drug-likeness (QED) is 0.644. The van der Waals surface area contributed by atoms with Crippen LogP contribution in [0.5, 0.6) is 0 Å². The number of carbonyl (C=O) groups excluding carboxylic acids is 2. The molecule has 3 rings (SSSR count). The molecule has 2 N–H and O–H groups in total. The molecular weight excluding hydrogens is 372 g/mol. The van der Waals surface area contributed by atoms with Gasteiger partial charge in [0.25, 0.3) is 0 Å². The lowest BCUT2D eigenvalue weighted by molar-refractivity contribution is -0.124. The molecule has 146 valence electrons. The molecule has 0 aliphatic heterocycles. The topological polar surface area (TPSA) is 74.3 Å². The van der Waals surface area contributed by atoms with Gasteiger partial charge in [-0.15, -0.1) is 11.3 Å². The number of thiazole rings is 1. The number of fused-ring (bicyclic) bond motifs is 1. The fraction of sp³-hybridized carbons (Fsp3) is 0.286. The molecule has 2 amide bonds. The van der Waals surface area contributed by atoms with Gasteiger partial charge in [-0.25, -0.2) is 4.98 Å². The van der Waals surface area contributed by atoms with Gasteiger partial charge in [0.2, 0.25) is 11.8 Å². The van der Waals surface area contributed by atoms with Crippen LogP contribution in [0.15, 0.2) is 42.5 Å². The van der Waals surface area contributed by atoms with E-state index in [1.54, 1.807) is 11.3 Å². The van der Waals surface area contributed by atoms with Gasteiger partial charge in [-0.3, -0.25) is 14.5 Å². The second-order valence-electron chi connectivity index (χ2n) is 6.82. The highest BCUT2D eigenvalue weighted by atomic mass is 32.1. The van der Waals surface area contributed by atoms with Crippen LogP contribution in [0.3, 0.4) is 0 Å². The summed E-state index contributed by atoms with van der Waals surface area (Å²) in [6.07, 6.45) is 0. The van der Waals surface area contributed by atoms with Gasteiger partial charge in [0.05, 0.1) is 29.9 Å². The minimum Gasteiger partial charge on any atom is -0.346 e. The lowest BCUT2D eigenvalue weighted by Crippen LogP contribution is -2.39. The number of nitrogens with zero attached hydrogens (tertiary/aromatic N) is 2. The fourth-order valence-electron chi connectivity index (χ4n) is 2.84. The first kappa shape index (κ1) is 20.0. The molecule has 0 fully saturated rings. The van der Waals surface area contributed by atoms with Crippen molar-refractivity contribution in [1.82, 2.24) is 15.2 Å². The molecular formula is C21H24N4O2S. The van der Waals surface area contributed by atoms with Crippen molar-refractivity contribution in [2.45, 2.75) is 20.4 Å². The molecule has 0 atom stereocenters. The normalized spacial score (nSPS) is 11.0. The molecule has 7 heteroatoms. The predicted octanol–water partition coefficient (Wildman–Crippen LogP) is 3.10. The number of likely N-dealkylation sites (N-methyl/N-ethyl adjacent to an activating group) is 1. The summed E-state index contributed by atoms with van der Waals surface area (Å²) < 4.78 is 1.14. The third-order valence-electron chi connectivity index (χ3n) is 4.48. The molecule has 0 saturated heterocycles. The Balaban J connectivity index is 1.45. The smallest absolute Gasteiger partial charge is 0.243 e. The van der Waals surface area contributed by atoms with Crippen LogP contribution < -0.4 is 10.6 Å². The minimum absolute atomic E-state index is 0.0544. The molecule has 0 bridgehead atoms. The summed E-state index contributed by atoms with van der Waals surface area (Å²) in [5.41, 5.74) is 3.88. The molecule has 1 heterocycles. The van der Waals surface area contributed by atoms with Gasteiger partial charge in [0.15, 0.2) is 0 Å². The first-order valence-corrected chi connectivity index (χ1v) is 9.90. The van der Waals surface area contributed by atoms with Gasteiger partial charge in [-0.2, -0.15) is 0 Å². The maximum atomic E-state index is 12.1. The van der Waals surface area contributed by atoms with Gasteiger partial charge in [0.1, 0.15) is 5.01 Å². The van der Waals surface area contributed by atoms with Crippen molar-refractivity contribution in [3.8, 4) is 0 Å². The molecule has 3 aromatic rings. The van der Waals surface area contributed by atoms with Crippen LogP contribution in [0.2, 0.25) is 0 Å². The van der Waals surface area contributed by atoms with Crippen LogP contribution in [-0.2, 0) is 16.1 Å². The highest BCUT2D eigenvalue weighted by Crippen LogP contribution is 2.22. The molecule has 0 unspecified atom stereocenters. The number of hydrogen-bond acceptors (Lipinski definition) is 5. The lowest BCUT2D eigenvalue weighted by Gasteiger charge is -2.15. The van der Waals surface area contributed by atoms with Gasteiger partial charge < -0.3 is 10.6 Å². The van der Waals surface area contributed by atoms with Crippen LogP contribution in [-0.4, -0.2) is 41.8 Å². The highest BCUT2D eigenvalue weighted by Gasteiger charge is 2.12. The zero-order valence-electron chi connectivity index (χ0n) is 16.3. The zero-order chi connectivity index (χ0) is 20.1. The van der Waals surface area contributed by atoms with Crippen LogP contribution in [0.4, 0.5) is 5.69 Å². The molecule has 0 spiro atoms. The van der Waals surface area contributed by atoms with Crippen LogP contribution in [0, 0.1) is 13.8 Å². The Kier molecular flexibility index (Phi) is 6.38. The molecule has 0 saturated carbocycles. The van der Waals surface area contributed by atoms with E-state index in [4.69, 9.17) is 0 Å². The second kappa shape index (κ2) is 8.95. The number of aromatic nitrogens is 1. The fourth-order valence-corrected chi connectivity index (χ4v) is 3.88. The van der Waals surface area contributed by atoms with E-state index in [1.165, 1.54) is 0 Å². The van der Waals surface area contributed by atoms with E-state index in [0.29, 0.717) is 6.54 Å². The largest absolute Gasteiger partial charge is 0.346 e. The van der Waals surface area contributed by atoms with E-state index in [1.807, 2.05) is 68.3 Å². The van der Waals surface area contributed by atoms with Crippen LogP contribution in [0.1, 0.15) is 16.1 Å². The van der Waals surface area contributed by atoms with Crippen LogP contribution in [0.25, 0.3) is 10.2 Å². The Bertz CT molecular complexity index is 966. The Morgan fingerprint density at radius 3 is 2.64 bits per heavy atom. The Labute approximate surface area is 168 Å². The SMILES string of the molecule is Cc1cccc(NC(=O)CNC(=O)CN(C)Cc2nc3ccccc3s2)c1C. The summed E-state index contributed by atoms with van der Waals surface area (Å²) in [4.78, 5) is 30.7. The summed E-state index contributed by atoms with van der Waals surface area (Å²) in [5.74, 6) is -0.435. The van der Waals surface area contributed by atoms with Crippen molar-refractivity contribution in [3.63, 3.8) is 0 Å². The standard InChI is InChI=1S/C21H24N4O2S/c1-14-7-6-9-16(15(14)2)23-19(26)11-22-20(27)12-25(3)13-21-24-17-8-4-5-10-18(17)28-21/h4-10H,11-13H2,1-3H3,(H,22,27)(H,23,26). The van der Waals surface area contributed by atoms with Crippen LogP contribution >= 0.6 is 11.3 Å². The Morgan fingerprint density at radius 2 is 1.86 bits per heavy atom. The van der Waals surface area contributed by atoms with Gasteiger partial charge in [-0.1, -0.05) is 24.3 Å². The number of hydrogen-bond donors (Lipinski definition) is 2.